The monoisotopic (exact) mass is 439 g/mol. The average molecular weight is 440 g/mol. The van der Waals surface area contributed by atoms with Crippen LogP contribution in [0, 0.1) is 11.8 Å². The van der Waals surface area contributed by atoms with E-state index in [-0.39, 0.29) is 16.8 Å². The Balaban J connectivity index is 1.51. The number of amides is 1. The van der Waals surface area contributed by atoms with Gasteiger partial charge in [0.05, 0.1) is 16.6 Å². The maximum absolute atomic E-state index is 13.1. The van der Waals surface area contributed by atoms with Crippen LogP contribution in [0.15, 0.2) is 29.2 Å². The first kappa shape index (κ1) is 21.1. The topological polar surface area (TPSA) is 69.7 Å². The first-order chi connectivity index (χ1) is 13.7. The van der Waals surface area contributed by atoms with Crippen molar-refractivity contribution < 1.29 is 13.2 Å². The molecule has 3 fully saturated rings. The lowest BCUT2D eigenvalue weighted by atomic mass is 9.96. The van der Waals surface area contributed by atoms with Crippen molar-refractivity contribution in [2.24, 2.45) is 11.8 Å². The van der Waals surface area contributed by atoms with Gasteiger partial charge in [-0.25, -0.2) is 8.42 Å². The normalized spacial score (nSPS) is 25.3. The Kier molecular flexibility index (Phi) is 5.70. The molecule has 2 saturated heterocycles. The average Bonchev–Trinajstić information content (AvgIpc) is 3.46. The van der Waals surface area contributed by atoms with Gasteiger partial charge in [-0.15, -0.1) is 0 Å². The van der Waals surface area contributed by atoms with Crippen molar-refractivity contribution in [2.75, 3.05) is 19.6 Å². The molecule has 3 aliphatic rings. The number of hydrogen-bond donors (Lipinski definition) is 1. The van der Waals surface area contributed by atoms with Crippen LogP contribution in [0.4, 0.5) is 0 Å². The van der Waals surface area contributed by atoms with Gasteiger partial charge < -0.3 is 4.90 Å². The van der Waals surface area contributed by atoms with Crippen molar-refractivity contribution >= 4 is 27.5 Å². The van der Waals surface area contributed by atoms with E-state index in [2.05, 4.69) is 19.2 Å². The molecule has 29 heavy (non-hydrogen) atoms. The van der Waals surface area contributed by atoms with Crippen LogP contribution in [0.5, 0.6) is 0 Å². The van der Waals surface area contributed by atoms with Crippen molar-refractivity contribution in [3.63, 3.8) is 0 Å². The third-order valence-corrected chi connectivity index (χ3v) is 8.53. The van der Waals surface area contributed by atoms with Gasteiger partial charge in [0.1, 0.15) is 0 Å². The van der Waals surface area contributed by atoms with Crippen molar-refractivity contribution in [2.45, 2.75) is 62.6 Å². The molecule has 1 saturated carbocycles. The number of benzene rings is 1. The van der Waals surface area contributed by atoms with Crippen LogP contribution in [0.1, 0.15) is 46.0 Å². The maximum Gasteiger partial charge on any atom is 0.243 e. The minimum absolute atomic E-state index is 0.159. The smallest absolute Gasteiger partial charge is 0.243 e. The molecule has 1 spiro atoms. The van der Waals surface area contributed by atoms with E-state index in [9.17, 15) is 13.2 Å². The van der Waals surface area contributed by atoms with Gasteiger partial charge >= 0.3 is 0 Å². The number of rotatable bonds is 6. The predicted molar refractivity (Wildman–Crippen MR) is 113 cm³/mol. The Labute approximate surface area is 178 Å². The molecule has 0 bridgehead atoms. The molecule has 0 aromatic heterocycles. The van der Waals surface area contributed by atoms with Crippen LogP contribution >= 0.6 is 11.6 Å². The number of piperidine rings is 1. The van der Waals surface area contributed by atoms with Crippen LogP contribution in [0.2, 0.25) is 5.02 Å². The van der Waals surface area contributed by atoms with E-state index in [0.29, 0.717) is 42.8 Å². The van der Waals surface area contributed by atoms with E-state index in [1.165, 1.54) is 12.8 Å². The van der Waals surface area contributed by atoms with E-state index in [1.54, 1.807) is 28.6 Å². The second kappa shape index (κ2) is 7.84. The summed E-state index contributed by atoms with van der Waals surface area (Å²) in [6.45, 7) is 5.87. The van der Waals surface area contributed by atoms with Gasteiger partial charge in [-0.2, -0.15) is 4.31 Å². The Morgan fingerprint density at radius 2 is 1.79 bits per heavy atom. The highest BCUT2D eigenvalue weighted by Crippen LogP contribution is 2.39. The van der Waals surface area contributed by atoms with Crippen LogP contribution in [0.25, 0.3) is 0 Å². The number of carbonyl (C=O) groups excluding carboxylic acids is 1. The fourth-order valence-electron chi connectivity index (χ4n) is 4.58. The molecule has 0 radical (unpaired) electrons. The third kappa shape index (κ3) is 4.20. The zero-order chi connectivity index (χ0) is 20.8. The SMILES string of the molecule is CC(C)C[C@@H]1NC2(CCN(S(=O)(=O)c3ccc(Cl)cc3)CC2)N(CC2CC2)C1=O. The van der Waals surface area contributed by atoms with E-state index in [0.717, 1.165) is 13.0 Å². The summed E-state index contributed by atoms with van der Waals surface area (Å²) in [6, 6.07) is 6.15. The summed E-state index contributed by atoms with van der Waals surface area (Å²) in [6.07, 6.45) is 4.42. The van der Waals surface area contributed by atoms with E-state index >= 15 is 0 Å². The molecule has 8 heteroatoms. The molecule has 1 atom stereocenters. The molecule has 4 rings (SSSR count). The number of hydrogen-bond acceptors (Lipinski definition) is 4. The van der Waals surface area contributed by atoms with Gasteiger partial charge in [-0.3, -0.25) is 10.1 Å². The summed E-state index contributed by atoms with van der Waals surface area (Å²) in [5.74, 6) is 1.23. The fraction of sp³-hybridized carbons (Fsp3) is 0.667. The Bertz CT molecular complexity index is 860. The van der Waals surface area contributed by atoms with E-state index < -0.39 is 15.7 Å². The summed E-state index contributed by atoms with van der Waals surface area (Å²) in [5, 5.41) is 4.14. The summed E-state index contributed by atoms with van der Waals surface area (Å²) in [5.41, 5.74) is -0.411. The van der Waals surface area contributed by atoms with Crippen LogP contribution in [0.3, 0.4) is 0 Å². The predicted octanol–water partition coefficient (Wildman–Crippen LogP) is 3.08. The lowest BCUT2D eigenvalue weighted by Crippen LogP contribution is -2.59. The number of nitrogens with zero attached hydrogens (tertiary/aromatic N) is 2. The lowest BCUT2D eigenvalue weighted by molar-refractivity contribution is -0.133. The van der Waals surface area contributed by atoms with E-state index in [1.807, 2.05) is 4.90 Å². The van der Waals surface area contributed by atoms with Crippen molar-refractivity contribution in [1.29, 1.82) is 0 Å². The molecule has 1 N–H and O–H groups in total. The molecule has 0 unspecified atom stereocenters. The molecule has 1 aromatic rings. The first-order valence-corrected chi connectivity index (χ1v) is 12.4. The minimum Gasteiger partial charge on any atom is -0.323 e. The fourth-order valence-corrected chi connectivity index (χ4v) is 6.15. The zero-order valence-corrected chi connectivity index (χ0v) is 18.7. The maximum atomic E-state index is 13.1. The van der Waals surface area contributed by atoms with Gasteiger partial charge in [0.2, 0.25) is 15.9 Å². The Morgan fingerprint density at radius 1 is 1.17 bits per heavy atom. The largest absolute Gasteiger partial charge is 0.323 e. The highest BCUT2D eigenvalue weighted by molar-refractivity contribution is 7.89. The zero-order valence-electron chi connectivity index (χ0n) is 17.1. The summed E-state index contributed by atoms with van der Waals surface area (Å²) in [4.78, 5) is 15.4. The van der Waals surface area contributed by atoms with Gasteiger partial charge in [0.15, 0.2) is 0 Å². The summed E-state index contributed by atoms with van der Waals surface area (Å²) < 4.78 is 27.6. The highest BCUT2D eigenvalue weighted by Gasteiger charge is 2.53. The van der Waals surface area contributed by atoms with Crippen molar-refractivity contribution in [3.05, 3.63) is 29.3 Å². The third-order valence-electron chi connectivity index (χ3n) is 6.37. The Hall–Kier alpha value is -1.15. The van der Waals surface area contributed by atoms with Gasteiger partial charge in [-0.05, 0) is 68.2 Å². The quantitative estimate of drug-likeness (QED) is 0.739. The van der Waals surface area contributed by atoms with E-state index in [4.69, 9.17) is 11.6 Å². The molecule has 1 amide bonds. The molecule has 1 aromatic carbocycles. The molecule has 2 aliphatic heterocycles. The van der Waals surface area contributed by atoms with Crippen molar-refractivity contribution in [3.8, 4) is 0 Å². The molecule has 1 aliphatic carbocycles. The van der Waals surface area contributed by atoms with Crippen LogP contribution < -0.4 is 5.32 Å². The van der Waals surface area contributed by atoms with Crippen LogP contribution in [-0.2, 0) is 14.8 Å². The standard InChI is InChI=1S/C21H30ClN3O3S/c1-15(2)13-19-20(26)25(14-16-3-4-16)21(23-19)9-11-24(12-10-21)29(27,28)18-7-5-17(22)6-8-18/h5-8,15-16,19,23H,3-4,9-14H2,1-2H3/t19-/m0/s1. The number of carbonyl (C=O) groups is 1. The van der Waals surface area contributed by atoms with Gasteiger partial charge in [0, 0.05) is 24.7 Å². The molecular formula is C21H30ClN3O3S. The number of halogens is 1. The second-order valence-corrected chi connectivity index (χ2v) is 11.5. The molecular weight excluding hydrogens is 410 g/mol. The van der Waals surface area contributed by atoms with Crippen LogP contribution in [-0.4, -0.2) is 54.9 Å². The van der Waals surface area contributed by atoms with Crippen molar-refractivity contribution in [1.82, 2.24) is 14.5 Å². The summed E-state index contributed by atoms with van der Waals surface area (Å²) in [7, 11) is -3.56. The molecule has 160 valence electrons. The highest BCUT2D eigenvalue weighted by atomic mass is 35.5. The van der Waals surface area contributed by atoms with Gasteiger partial charge in [-0.1, -0.05) is 25.4 Å². The molecule has 6 nitrogen and oxygen atoms in total. The van der Waals surface area contributed by atoms with Gasteiger partial charge in [0.25, 0.3) is 0 Å². The number of nitrogens with one attached hydrogen (secondary N) is 1. The summed E-state index contributed by atoms with van der Waals surface area (Å²) >= 11 is 5.90. The second-order valence-electron chi connectivity index (χ2n) is 9.11. The Morgan fingerprint density at radius 3 is 2.34 bits per heavy atom. The molecule has 2 heterocycles. The minimum atomic E-state index is -3.56. The lowest BCUT2D eigenvalue weighted by Gasteiger charge is -2.44. The number of sulfonamides is 1. The first-order valence-electron chi connectivity index (χ1n) is 10.6.